The van der Waals surface area contributed by atoms with E-state index in [1.807, 2.05) is 6.92 Å². The Bertz CT molecular complexity index is 1080. The third-order valence-corrected chi connectivity index (χ3v) is 6.69. The van der Waals surface area contributed by atoms with Gasteiger partial charge in [0.15, 0.2) is 0 Å². The Balaban J connectivity index is 0. The third-order valence-electron chi connectivity index (χ3n) is 6.69. The average Bonchev–Trinajstić information content (AvgIpc) is 3.01. The number of rotatable bonds is 24. The van der Waals surface area contributed by atoms with Gasteiger partial charge in [0.1, 0.15) is 5.78 Å². The van der Waals surface area contributed by atoms with Crippen LogP contribution in [0, 0.1) is 5.92 Å². The molecule has 252 valence electrons. The smallest absolute Gasteiger partial charge is 0.651 e. The number of nitrogens with zero attached hydrogens (tertiary/aromatic N) is 2. The molecule has 3 N–H and O–H groups in total. The minimum Gasteiger partial charge on any atom is -0.651 e. The summed E-state index contributed by atoms with van der Waals surface area (Å²) in [6.07, 6.45) is 4.83. The number of amides is 5. The van der Waals surface area contributed by atoms with Crippen LogP contribution in [0.5, 0.6) is 0 Å². The van der Waals surface area contributed by atoms with Gasteiger partial charge in [-0.25, -0.2) is 4.79 Å². The first-order valence-corrected chi connectivity index (χ1v) is 15.7. The fourth-order valence-corrected chi connectivity index (χ4v) is 4.27. The Morgan fingerprint density at radius 3 is 2.19 bits per heavy atom. The van der Waals surface area contributed by atoms with Crippen molar-refractivity contribution in [2.45, 2.75) is 78.1 Å². The van der Waals surface area contributed by atoms with E-state index in [1.54, 1.807) is 24.3 Å². The van der Waals surface area contributed by atoms with Crippen molar-refractivity contribution in [1.29, 1.82) is 0 Å². The molecule has 1 unspecified atom stereocenters. The number of unbranched alkanes of at least 4 members (excludes halogenated alkanes) is 1. The van der Waals surface area contributed by atoms with Gasteiger partial charge in [-0.1, -0.05) is 51.0 Å². The molecular formula is C32H49N5O8Rb2. The molecule has 0 spiro atoms. The Morgan fingerprint density at radius 1 is 0.809 bits per heavy atom. The molecule has 0 aliphatic carbocycles. The van der Waals surface area contributed by atoms with E-state index >= 15 is 0 Å². The second kappa shape index (κ2) is 31.6. The first-order chi connectivity index (χ1) is 21.7. The van der Waals surface area contributed by atoms with E-state index in [0.29, 0.717) is 43.0 Å². The molecule has 0 radical (unpaired) electrons. The van der Waals surface area contributed by atoms with E-state index in [-0.39, 0.29) is 173 Å². The van der Waals surface area contributed by atoms with Crippen LogP contribution < -0.4 is 132 Å². The number of carbonyl (C=O) groups excluding carboxylic acids is 6. The Labute approximate surface area is 376 Å². The van der Waals surface area contributed by atoms with E-state index in [1.165, 1.54) is 7.05 Å². The number of nitrogens with one attached hydrogen (secondary N) is 3. The van der Waals surface area contributed by atoms with Crippen molar-refractivity contribution < 1.29 is 155 Å². The average molecular weight is 803 g/mol. The van der Waals surface area contributed by atoms with Crippen molar-refractivity contribution in [3.8, 4) is 0 Å². The van der Waals surface area contributed by atoms with Crippen LogP contribution in [0.15, 0.2) is 24.3 Å². The van der Waals surface area contributed by atoms with Crippen LogP contribution in [-0.4, -0.2) is 82.0 Å². The molecule has 0 aromatic heterocycles. The molecule has 0 heterocycles. The maximum atomic E-state index is 12.1. The molecule has 1 atom stereocenters. The number of hydrogen-bond donors (Lipinski definition) is 3. The molecule has 5 amide bonds. The monoisotopic (exact) mass is 801 g/mol. The van der Waals surface area contributed by atoms with Gasteiger partial charge < -0.3 is 45.6 Å². The summed E-state index contributed by atoms with van der Waals surface area (Å²) in [5, 5.41) is 15.5. The van der Waals surface area contributed by atoms with Gasteiger partial charge in [0.2, 0.25) is 11.8 Å². The number of alkyl carbamates (subject to hydrolysis) is 1. The Morgan fingerprint density at radius 2 is 1.53 bits per heavy atom. The quantitative estimate of drug-likeness (QED) is 0.0793. The van der Waals surface area contributed by atoms with Crippen LogP contribution in [0.4, 0.5) is 10.5 Å². The molecule has 47 heavy (non-hydrogen) atoms. The van der Waals surface area contributed by atoms with Gasteiger partial charge in [-0.15, -0.1) is 12.2 Å². The molecule has 0 saturated carbocycles. The molecule has 0 saturated heterocycles. The number of carbonyl (C=O) groups is 6. The number of benzene rings is 1. The molecule has 0 aliphatic heterocycles. The summed E-state index contributed by atoms with van der Waals surface area (Å²) in [7, 11) is 1.53. The summed E-state index contributed by atoms with van der Waals surface area (Å²) in [5.41, 5.74) is 1.07. The zero-order chi connectivity index (χ0) is 33.3. The van der Waals surface area contributed by atoms with Crippen LogP contribution in [0.25, 0.3) is 10.6 Å². The second-order valence-electron chi connectivity index (χ2n) is 10.4. The first-order valence-electron chi connectivity index (χ1n) is 15.7. The van der Waals surface area contributed by atoms with E-state index in [0.717, 1.165) is 32.1 Å². The van der Waals surface area contributed by atoms with Crippen molar-refractivity contribution in [2.75, 3.05) is 46.5 Å². The van der Waals surface area contributed by atoms with Crippen molar-refractivity contribution in [2.24, 2.45) is 5.92 Å². The maximum Gasteiger partial charge on any atom is 1.00 e. The summed E-state index contributed by atoms with van der Waals surface area (Å²) in [6.45, 7) is 5.50. The molecule has 1 aromatic carbocycles. The fourth-order valence-electron chi connectivity index (χ4n) is 4.27. The largest absolute Gasteiger partial charge is 1.00 e. The number of hydrogen-bond acceptors (Lipinski definition) is 8. The summed E-state index contributed by atoms with van der Waals surface area (Å²) in [6, 6.07) is 6.48. The molecule has 0 fully saturated rings. The number of Topliss-reactive ketones (excluding diaryl/α,β-unsaturated/α-hetero) is 1. The normalized spacial score (nSPS) is 10.7. The zero-order valence-corrected chi connectivity index (χ0v) is 38.7. The summed E-state index contributed by atoms with van der Waals surface area (Å²) >= 11 is 0. The topological polar surface area (TPSA) is 185 Å². The van der Waals surface area contributed by atoms with E-state index in [9.17, 15) is 28.8 Å². The molecule has 13 nitrogen and oxygen atoms in total. The van der Waals surface area contributed by atoms with Gasteiger partial charge >= 0.3 is 122 Å². The van der Waals surface area contributed by atoms with E-state index < -0.39 is 24.3 Å². The third kappa shape index (κ3) is 26.1. The first kappa shape index (κ1) is 48.7. The molecule has 1 rings (SSSR count). The van der Waals surface area contributed by atoms with Gasteiger partial charge in [-0.05, 0) is 24.8 Å². The summed E-state index contributed by atoms with van der Waals surface area (Å²) < 4.78 is 10.5. The number of ether oxygens (including phenoxy) is 2. The SMILES string of the molecule is CCCC(CCCCNC(=O)OCCCOCC[N-]C(=O)CC(=O)[N-]c1ccc(CC(=O)NCCC(=O)NC)cc1)C(=O)CC.[Rb+].[Rb+]. The fraction of sp³-hybridized carbons (Fsp3) is 0.625. The molecule has 0 aliphatic rings. The van der Waals surface area contributed by atoms with Crippen molar-refractivity contribution in [1.82, 2.24) is 16.0 Å². The molecular weight excluding hydrogens is 753 g/mol. The maximum absolute atomic E-state index is 12.1. The zero-order valence-electron chi connectivity index (χ0n) is 28.9. The molecule has 0 bridgehead atoms. The van der Waals surface area contributed by atoms with Crippen LogP contribution in [-0.2, 0) is 39.9 Å². The Kier molecular flexibility index (Phi) is 32.7. The minimum absolute atomic E-state index is 0. The van der Waals surface area contributed by atoms with Gasteiger partial charge in [0, 0.05) is 65.0 Å². The van der Waals surface area contributed by atoms with Crippen molar-refractivity contribution in [3.63, 3.8) is 0 Å². The van der Waals surface area contributed by atoms with Crippen molar-refractivity contribution >= 4 is 41.2 Å². The van der Waals surface area contributed by atoms with Crippen LogP contribution >= 0.6 is 0 Å². The van der Waals surface area contributed by atoms with E-state index in [4.69, 9.17) is 9.47 Å². The predicted octanol–water partition coefficient (Wildman–Crippen LogP) is -1.99. The standard InChI is InChI=1S/C32H51N5O8.2Rb/c1-4-9-25(27(38)5-2)10-6-7-16-36-32(43)45-20-8-19-44-21-18-35-30(41)23-31(42)37-26-13-11-24(12-14-26)22-29(40)34-17-15-28(39)33-3;;/h11-14,25H,4-10,15-23H2,1-3H3,(H5,33,34,35,36,37,39,40,41,42,43);;/q;2*+1/p-2. The summed E-state index contributed by atoms with van der Waals surface area (Å²) in [4.78, 5) is 70.9. The predicted molar refractivity (Wildman–Crippen MR) is 170 cm³/mol. The minimum atomic E-state index is -0.632. The van der Waals surface area contributed by atoms with Gasteiger partial charge in [0.05, 0.1) is 24.8 Å². The van der Waals surface area contributed by atoms with Crippen LogP contribution in [0.3, 0.4) is 0 Å². The summed E-state index contributed by atoms with van der Waals surface area (Å²) in [5.74, 6) is -1.19. The van der Waals surface area contributed by atoms with Gasteiger partial charge in [-0.2, -0.15) is 0 Å². The van der Waals surface area contributed by atoms with Gasteiger partial charge in [0.25, 0.3) is 0 Å². The van der Waals surface area contributed by atoms with Crippen LogP contribution in [0.1, 0.15) is 77.2 Å². The second-order valence-corrected chi connectivity index (χ2v) is 10.4. The van der Waals surface area contributed by atoms with Gasteiger partial charge in [-0.3, -0.25) is 14.4 Å². The van der Waals surface area contributed by atoms with Crippen molar-refractivity contribution in [3.05, 3.63) is 40.5 Å². The molecule has 1 aromatic rings. The Hall–Kier alpha value is -0.390. The molecule has 15 heteroatoms. The number of ketones is 1. The van der Waals surface area contributed by atoms with Crippen LogP contribution in [0.2, 0.25) is 0 Å². The van der Waals surface area contributed by atoms with E-state index in [2.05, 4.69) is 33.5 Å².